The van der Waals surface area contributed by atoms with E-state index in [1.807, 2.05) is 78.9 Å². The molecule has 0 bridgehead atoms. The second kappa shape index (κ2) is 9.31. The smallest absolute Gasteiger partial charge is 0.308 e. The number of imide groups is 1. The molecule has 0 aliphatic rings. The maximum absolute atomic E-state index is 12.2. The maximum Gasteiger partial charge on any atom is 0.325 e. The number of rotatable bonds is 6. The number of benzene rings is 3. The number of nitrogens with one attached hydrogen (secondary N) is 3. The van der Waals surface area contributed by atoms with Gasteiger partial charge >= 0.3 is 6.03 Å². The van der Waals surface area contributed by atoms with Gasteiger partial charge in [0.1, 0.15) is 0 Å². The quantitative estimate of drug-likeness (QED) is 0.628. The van der Waals surface area contributed by atoms with E-state index >= 15 is 0 Å². The van der Waals surface area contributed by atoms with Gasteiger partial charge in [0.25, 0.3) is 0 Å². The Morgan fingerprint density at radius 3 is 1.70 bits per heavy atom. The van der Waals surface area contributed by atoms with Crippen LogP contribution in [-0.4, -0.2) is 18.5 Å². The van der Waals surface area contributed by atoms with Gasteiger partial charge in [0.15, 0.2) is 0 Å². The van der Waals surface area contributed by atoms with Crippen LogP contribution in [0.3, 0.4) is 0 Å². The summed E-state index contributed by atoms with van der Waals surface area (Å²) >= 11 is 0. The van der Waals surface area contributed by atoms with Crippen molar-refractivity contribution in [1.29, 1.82) is 0 Å². The van der Waals surface area contributed by atoms with Gasteiger partial charge in [-0.3, -0.25) is 15.4 Å². The fourth-order valence-electron chi connectivity index (χ4n) is 2.77. The maximum atomic E-state index is 12.2. The monoisotopic (exact) mass is 359 g/mol. The van der Waals surface area contributed by atoms with Crippen LogP contribution in [0.15, 0.2) is 91.0 Å². The van der Waals surface area contributed by atoms with Crippen molar-refractivity contribution in [3.05, 3.63) is 102 Å². The van der Waals surface area contributed by atoms with Gasteiger partial charge in [-0.15, -0.1) is 0 Å². The Morgan fingerprint density at radius 2 is 1.19 bits per heavy atom. The molecule has 0 aliphatic carbocycles. The topological polar surface area (TPSA) is 70.2 Å². The summed E-state index contributed by atoms with van der Waals surface area (Å²) in [6.07, 6.45) is 0. The molecule has 3 aromatic rings. The zero-order chi connectivity index (χ0) is 18.9. The second-order valence-electron chi connectivity index (χ2n) is 6.00. The minimum atomic E-state index is -0.552. The molecule has 136 valence electrons. The lowest BCUT2D eigenvalue weighted by Gasteiger charge is -2.19. The summed E-state index contributed by atoms with van der Waals surface area (Å²) < 4.78 is 0. The van der Waals surface area contributed by atoms with Gasteiger partial charge in [-0.1, -0.05) is 78.9 Å². The van der Waals surface area contributed by atoms with Crippen LogP contribution in [0.4, 0.5) is 10.5 Å². The highest BCUT2D eigenvalue weighted by molar-refractivity contribution is 6.01. The molecule has 5 heteroatoms. The zero-order valence-electron chi connectivity index (χ0n) is 14.8. The summed E-state index contributed by atoms with van der Waals surface area (Å²) in [7, 11) is 0. The number of anilines is 1. The van der Waals surface area contributed by atoms with Crippen molar-refractivity contribution in [2.75, 3.05) is 11.9 Å². The van der Waals surface area contributed by atoms with E-state index < -0.39 is 11.9 Å². The molecule has 27 heavy (non-hydrogen) atoms. The third kappa shape index (κ3) is 5.52. The highest BCUT2D eigenvalue weighted by Gasteiger charge is 2.15. The highest BCUT2D eigenvalue weighted by Crippen LogP contribution is 2.21. The van der Waals surface area contributed by atoms with Gasteiger partial charge in [-0.25, -0.2) is 4.79 Å². The number of amides is 3. The van der Waals surface area contributed by atoms with Crippen LogP contribution in [0, 0.1) is 0 Å². The fraction of sp³-hybridized carbons (Fsp3) is 0.0909. The number of hydrogen-bond donors (Lipinski definition) is 3. The first kappa shape index (κ1) is 18.4. The Kier molecular flexibility index (Phi) is 6.33. The van der Waals surface area contributed by atoms with Gasteiger partial charge in [-0.2, -0.15) is 0 Å². The molecule has 3 aromatic carbocycles. The predicted molar refractivity (Wildman–Crippen MR) is 106 cm³/mol. The first-order chi connectivity index (χ1) is 13.2. The Morgan fingerprint density at radius 1 is 0.704 bits per heavy atom. The molecular formula is C22H21N3O2. The van der Waals surface area contributed by atoms with Gasteiger partial charge in [-0.05, 0) is 23.3 Å². The van der Waals surface area contributed by atoms with E-state index in [-0.39, 0.29) is 12.6 Å². The predicted octanol–water partition coefficient (Wildman–Crippen LogP) is 3.71. The molecule has 3 amide bonds. The number of carbonyl (C=O) groups is 2. The van der Waals surface area contributed by atoms with Crippen molar-refractivity contribution >= 4 is 17.6 Å². The summed E-state index contributed by atoms with van der Waals surface area (Å²) in [6, 6.07) is 28.0. The van der Waals surface area contributed by atoms with E-state index in [2.05, 4.69) is 16.0 Å². The molecule has 0 atom stereocenters. The number of carbonyl (C=O) groups excluding carboxylic acids is 2. The van der Waals surface area contributed by atoms with Crippen LogP contribution in [0.25, 0.3) is 0 Å². The van der Waals surface area contributed by atoms with Crippen molar-refractivity contribution < 1.29 is 9.59 Å². The van der Waals surface area contributed by atoms with E-state index in [0.717, 1.165) is 11.1 Å². The van der Waals surface area contributed by atoms with E-state index in [9.17, 15) is 9.59 Å². The average Bonchev–Trinajstić information content (AvgIpc) is 2.70. The van der Waals surface area contributed by atoms with Crippen LogP contribution in [0.5, 0.6) is 0 Å². The molecule has 3 rings (SSSR count). The van der Waals surface area contributed by atoms with Gasteiger partial charge in [0.05, 0.1) is 12.6 Å². The van der Waals surface area contributed by atoms with Crippen molar-refractivity contribution in [3.8, 4) is 0 Å². The van der Waals surface area contributed by atoms with Gasteiger partial charge in [0.2, 0.25) is 5.91 Å². The number of para-hydroxylation sites is 1. The largest absolute Gasteiger partial charge is 0.325 e. The van der Waals surface area contributed by atoms with Crippen molar-refractivity contribution in [3.63, 3.8) is 0 Å². The van der Waals surface area contributed by atoms with E-state index in [0.29, 0.717) is 5.69 Å². The van der Waals surface area contributed by atoms with Gasteiger partial charge in [0, 0.05) is 5.69 Å². The molecule has 0 spiro atoms. The summed E-state index contributed by atoms with van der Waals surface area (Å²) in [6.45, 7) is 0.0106. The van der Waals surface area contributed by atoms with E-state index in [4.69, 9.17) is 0 Å². The summed E-state index contributed by atoms with van der Waals surface area (Å²) in [5.41, 5.74) is 2.72. The molecule has 0 aromatic heterocycles. The van der Waals surface area contributed by atoms with E-state index in [1.165, 1.54) is 0 Å². The lowest BCUT2D eigenvalue weighted by molar-refractivity contribution is -0.119. The Hall–Kier alpha value is -3.44. The van der Waals surface area contributed by atoms with Crippen LogP contribution >= 0.6 is 0 Å². The molecule has 0 saturated carbocycles. The Bertz CT molecular complexity index is 828. The average molecular weight is 359 g/mol. The molecule has 0 radical (unpaired) electrons. The molecular weight excluding hydrogens is 338 g/mol. The third-order valence-electron chi connectivity index (χ3n) is 4.02. The summed E-state index contributed by atoms with van der Waals surface area (Å²) in [5.74, 6) is -0.403. The molecule has 0 unspecified atom stereocenters. The van der Waals surface area contributed by atoms with Crippen LogP contribution in [0.1, 0.15) is 17.2 Å². The molecule has 3 N–H and O–H groups in total. The van der Waals surface area contributed by atoms with E-state index in [1.54, 1.807) is 12.1 Å². The first-order valence-corrected chi connectivity index (χ1v) is 8.71. The molecule has 0 saturated heterocycles. The van der Waals surface area contributed by atoms with Crippen LogP contribution in [-0.2, 0) is 4.79 Å². The minimum absolute atomic E-state index is 0.0106. The van der Waals surface area contributed by atoms with Gasteiger partial charge < -0.3 is 5.32 Å². The highest BCUT2D eigenvalue weighted by atomic mass is 16.2. The summed E-state index contributed by atoms with van der Waals surface area (Å²) in [5, 5.41) is 8.19. The Labute approximate surface area is 158 Å². The van der Waals surface area contributed by atoms with Crippen molar-refractivity contribution in [2.45, 2.75) is 6.04 Å². The van der Waals surface area contributed by atoms with Crippen molar-refractivity contribution in [2.24, 2.45) is 0 Å². The standard InChI is InChI=1S/C22H21N3O2/c26-20(25-22(27)24-19-14-8-3-9-15-19)16-23-21(17-10-4-1-5-11-17)18-12-6-2-7-13-18/h1-15,21,23H,16H2,(H2,24,25,26,27). The number of urea groups is 1. The molecule has 0 heterocycles. The normalized spacial score (nSPS) is 10.4. The fourth-order valence-corrected chi connectivity index (χ4v) is 2.77. The van der Waals surface area contributed by atoms with Crippen LogP contribution in [0.2, 0.25) is 0 Å². The zero-order valence-corrected chi connectivity index (χ0v) is 14.8. The second-order valence-corrected chi connectivity index (χ2v) is 6.00. The lowest BCUT2D eigenvalue weighted by Crippen LogP contribution is -2.41. The molecule has 0 fully saturated rings. The van der Waals surface area contributed by atoms with Crippen molar-refractivity contribution in [1.82, 2.24) is 10.6 Å². The first-order valence-electron chi connectivity index (χ1n) is 8.71. The SMILES string of the molecule is O=C(CNC(c1ccccc1)c1ccccc1)NC(=O)Nc1ccccc1. The third-order valence-corrected chi connectivity index (χ3v) is 4.02. The summed E-state index contributed by atoms with van der Waals surface area (Å²) in [4.78, 5) is 24.1. The van der Waals surface area contributed by atoms with Crippen LogP contribution < -0.4 is 16.0 Å². The Balaban J connectivity index is 1.60. The molecule has 0 aliphatic heterocycles. The lowest BCUT2D eigenvalue weighted by atomic mass is 9.99. The number of hydrogen-bond acceptors (Lipinski definition) is 3. The minimum Gasteiger partial charge on any atom is -0.308 e. The molecule has 5 nitrogen and oxygen atoms in total.